The number of ether oxygens (including phenoxy) is 1. The molecule has 0 atom stereocenters. The maximum atomic E-state index is 12.4. The molecule has 6 nitrogen and oxygen atoms in total. The Morgan fingerprint density at radius 3 is 2.86 bits per heavy atom. The number of fused-ring (bicyclic) bond motifs is 1. The predicted molar refractivity (Wildman–Crippen MR) is 106 cm³/mol. The monoisotopic (exact) mass is 382 g/mol. The highest BCUT2D eigenvalue weighted by Gasteiger charge is 2.25. The molecule has 28 heavy (non-hydrogen) atoms. The summed E-state index contributed by atoms with van der Waals surface area (Å²) in [6, 6.07) is 9.76. The van der Waals surface area contributed by atoms with Crippen LogP contribution in [0.15, 0.2) is 34.7 Å². The Morgan fingerprint density at radius 2 is 2.07 bits per heavy atom. The molecule has 0 unspecified atom stereocenters. The van der Waals surface area contributed by atoms with E-state index < -0.39 is 0 Å². The van der Waals surface area contributed by atoms with Crippen molar-refractivity contribution in [3.05, 3.63) is 41.7 Å². The molecular weight excluding hydrogens is 356 g/mol. The van der Waals surface area contributed by atoms with Crippen LogP contribution in [0.3, 0.4) is 0 Å². The zero-order valence-electron chi connectivity index (χ0n) is 16.2. The van der Waals surface area contributed by atoms with Gasteiger partial charge < -0.3 is 19.4 Å². The van der Waals surface area contributed by atoms with Crippen LogP contribution in [-0.4, -0.2) is 37.0 Å². The van der Waals surface area contributed by atoms with Gasteiger partial charge in [-0.05, 0) is 31.0 Å². The number of benzene rings is 1. The molecule has 1 aliphatic carbocycles. The second-order valence-corrected chi connectivity index (χ2v) is 7.61. The molecular formula is C22H26N2O4. The van der Waals surface area contributed by atoms with Crippen LogP contribution in [0.1, 0.15) is 37.0 Å². The van der Waals surface area contributed by atoms with Crippen molar-refractivity contribution in [2.75, 3.05) is 25.6 Å². The molecule has 1 aromatic carbocycles. The van der Waals surface area contributed by atoms with E-state index in [2.05, 4.69) is 5.32 Å². The zero-order valence-corrected chi connectivity index (χ0v) is 16.2. The molecule has 2 aliphatic rings. The highest BCUT2D eigenvalue weighted by Crippen LogP contribution is 2.31. The first-order valence-electron chi connectivity index (χ1n) is 9.93. The molecule has 1 aromatic heterocycles. The van der Waals surface area contributed by atoms with Gasteiger partial charge in [0.15, 0.2) is 0 Å². The Balaban J connectivity index is 1.48. The third kappa shape index (κ3) is 3.97. The van der Waals surface area contributed by atoms with Crippen LogP contribution >= 0.6 is 0 Å². The molecule has 1 aliphatic heterocycles. The normalized spacial score (nSPS) is 16.8. The van der Waals surface area contributed by atoms with E-state index in [0.717, 1.165) is 54.0 Å². The van der Waals surface area contributed by atoms with Gasteiger partial charge in [-0.25, -0.2) is 0 Å². The molecule has 2 aromatic rings. The SMILES string of the molecule is COCC(=O)N1CCc2oc(-c3cccc(NC(=O)C4CCCC4)c3)cc2C1. The second kappa shape index (κ2) is 8.19. The highest BCUT2D eigenvalue weighted by atomic mass is 16.5. The molecule has 1 fully saturated rings. The summed E-state index contributed by atoms with van der Waals surface area (Å²) in [5, 5.41) is 3.04. The summed E-state index contributed by atoms with van der Waals surface area (Å²) in [4.78, 5) is 26.3. The molecule has 0 radical (unpaired) electrons. The standard InChI is InChI=1S/C22H26N2O4/c1-27-14-21(25)24-10-9-19-17(13-24)12-20(28-19)16-7-4-8-18(11-16)23-22(26)15-5-2-3-6-15/h4,7-8,11-12,15H,2-3,5-6,9-10,13-14H2,1H3,(H,23,26). The lowest BCUT2D eigenvalue weighted by Crippen LogP contribution is -2.37. The first-order valence-corrected chi connectivity index (χ1v) is 9.93. The number of methoxy groups -OCH3 is 1. The molecule has 2 amide bonds. The first kappa shape index (κ1) is 18.7. The number of nitrogens with zero attached hydrogens (tertiary/aromatic N) is 1. The number of hydrogen-bond acceptors (Lipinski definition) is 4. The molecule has 1 N–H and O–H groups in total. The molecule has 0 spiro atoms. The molecule has 0 bridgehead atoms. The summed E-state index contributed by atoms with van der Waals surface area (Å²) in [6.07, 6.45) is 4.94. The second-order valence-electron chi connectivity index (χ2n) is 7.61. The Bertz CT molecular complexity index is 867. The van der Waals surface area contributed by atoms with E-state index in [4.69, 9.17) is 9.15 Å². The summed E-state index contributed by atoms with van der Waals surface area (Å²) in [6.45, 7) is 1.28. The van der Waals surface area contributed by atoms with E-state index in [1.165, 1.54) is 7.11 Å². The van der Waals surface area contributed by atoms with Crippen LogP contribution in [0.5, 0.6) is 0 Å². The van der Waals surface area contributed by atoms with Gasteiger partial charge in [0.1, 0.15) is 18.1 Å². The predicted octanol–water partition coefficient (Wildman–Crippen LogP) is 3.61. The quantitative estimate of drug-likeness (QED) is 0.858. The van der Waals surface area contributed by atoms with Crippen LogP contribution in [0.4, 0.5) is 5.69 Å². The summed E-state index contributed by atoms with van der Waals surface area (Å²) < 4.78 is 11.0. The van der Waals surface area contributed by atoms with Gasteiger partial charge in [-0.3, -0.25) is 9.59 Å². The van der Waals surface area contributed by atoms with Crippen molar-refractivity contribution in [1.29, 1.82) is 0 Å². The van der Waals surface area contributed by atoms with Crippen LogP contribution in [0.2, 0.25) is 0 Å². The zero-order chi connectivity index (χ0) is 19.5. The third-order valence-corrected chi connectivity index (χ3v) is 5.63. The van der Waals surface area contributed by atoms with Gasteiger partial charge in [0.2, 0.25) is 11.8 Å². The van der Waals surface area contributed by atoms with Crippen molar-refractivity contribution in [3.8, 4) is 11.3 Å². The first-order chi connectivity index (χ1) is 13.6. The molecule has 0 saturated heterocycles. The van der Waals surface area contributed by atoms with Gasteiger partial charge in [0.25, 0.3) is 0 Å². The fraction of sp³-hybridized carbons (Fsp3) is 0.455. The van der Waals surface area contributed by atoms with Crippen LogP contribution < -0.4 is 5.32 Å². The number of carbonyl (C=O) groups excluding carboxylic acids is 2. The number of carbonyl (C=O) groups is 2. The van der Waals surface area contributed by atoms with E-state index in [1.54, 1.807) is 4.90 Å². The van der Waals surface area contributed by atoms with Crippen molar-refractivity contribution < 1.29 is 18.7 Å². The average molecular weight is 382 g/mol. The topological polar surface area (TPSA) is 71.8 Å². The maximum Gasteiger partial charge on any atom is 0.248 e. The summed E-state index contributed by atoms with van der Waals surface area (Å²) in [7, 11) is 1.53. The fourth-order valence-electron chi connectivity index (χ4n) is 4.09. The van der Waals surface area contributed by atoms with E-state index in [1.807, 2.05) is 30.3 Å². The summed E-state index contributed by atoms with van der Waals surface area (Å²) in [5.74, 6) is 1.93. The summed E-state index contributed by atoms with van der Waals surface area (Å²) >= 11 is 0. The van der Waals surface area contributed by atoms with E-state index in [9.17, 15) is 9.59 Å². The minimum Gasteiger partial charge on any atom is -0.461 e. The Morgan fingerprint density at radius 1 is 1.25 bits per heavy atom. The Kier molecular flexibility index (Phi) is 5.48. The molecule has 2 heterocycles. The van der Waals surface area contributed by atoms with Crippen molar-refractivity contribution in [3.63, 3.8) is 0 Å². The summed E-state index contributed by atoms with van der Waals surface area (Å²) in [5.41, 5.74) is 2.75. The lowest BCUT2D eigenvalue weighted by atomic mass is 10.1. The van der Waals surface area contributed by atoms with Crippen LogP contribution in [0, 0.1) is 5.92 Å². The van der Waals surface area contributed by atoms with Crippen molar-refractivity contribution >= 4 is 17.5 Å². The third-order valence-electron chi connectivity index (χ3n) is 5.63. The van der Waals surface area contributed by atoms with Crippen LogP contribution in [-0.2, 0) is 27.3 Å². The van der Waals surface area contributed by atoms with Gasteiger partial charge >= 0.3 is 0 Å². The lowest BCUT2D eigenvalue weighted by Gasteiger charge is -2.25. The average Bonchev–Trinajstić information content (AvgIpc) is 3.37. The molecule has 148 valence electrons. The van der Waals surface area contributed by atoms with Gasteiger partial charge in [0, 0.05) is 49.4 Å². The number of anilines is 1. The number of nitrogens with one attached hydrogen (secondary N) is 1. The van der Waals surface area contributed by atoms with Gasteiger partial charge in [0.05, 0.1) is 0 Å². The van der Waals surface area contributed by atoms with Crippen molar-refractivity contribution in [1.82, 2.24) is 4.90 Å². The molecule has 4 rings (SSSR count). The molecule has 1 saturated carbocycles. The highest BCUT2D eigenvalue weighted by molar-refractivity contribution is 5.93. The largest absolute Gasteiger partial charge is 0.461 e. The van der Waals surface area contributed by atoms with E-state index in [-0.39, 0.29) is 24.3 Å². The number of amides is 2. The minimum absolute atomic E-state index is 0.00692. The van der Waals surface area contributed by atoms with Gasteiger partial charge in [-0.2, -0.15) is 0 Å². The Hall–Kier alpha value is -2.60. The molecule has 6 heteroatoms. The number of rotatable bonds is 5. The number of furan rings is 1. The lowest BCUT2D eigenvalue weighted by molar-refractivity contribution is -0.136. The maximum absolute atomic E-state index is 12.4. The Labute approximate surface area is 164 Å². The van der Waals surface area contributed by atoms with E-state index in [0.29, 0.717) is 19.5 Å². The van der Waals surface area contributed by atoms with Crippen LogP contribution in [0.25, 0.3) is 11.3 Å². The number of hydrogen-bond donors (Lipinski definition) is 1. The van der Waals surface area contributed by atoms with E-state index >= 15 is 0 Å². The van der Waals surface area contributed by atoms with Crippen molar-refractivity contribution in [2.45, 2.75) is 38.6 Å². The fourth-order valence-corrected chi connectivity index (χ4v) is 4.09. The van der Waals surface area contributed by atoms with Gasteiger partial charge in [-0.1, -0.05) is 25.0 Å². The minimum atomic E-state index is -0.00692. The smallest absolute Gasteiger partial charge is 0.248 e. The van der Waals surface area contributed by atoms with Crippen molar-refractivity contribution in [2.24, 2.45) is 5.92 Å². The van der Waals surface area contributed by atoms with Gasteiger partial charge in [-0.15, -0.1) is 0 Å².